The first kappa shape index (κ1) is 21.0. The molecule has 2 heterocycles. The summed E-state index contributed by atoms with van der Waals surface area (Å²) >= 11 is 0. The molecule has 0 unspecified atom stereocenters. The number of nitrogens with two attached hydrogens (primary N) is 1. The number of ether oxygens (including phenoxy) is 1. The van der Waals surface area contributed by atoms with Crippen molar-refractivity contribution >= 4 is 17.5 Å². The van der Waals surface area contributed by atoms with Gasteiger partial charge in [0.15, 0.2) is 5.75 Å². The van der Waals surface area contributed by atoms with E-state index in [1.165, 1.54) is 18.2 Å². The second-order valence-electron chi connectivity index (χ2n) is 5.75. The van der Waals surface area contributed by atoms with E-state index in [0.717, 1.165) is 29.1 Å². The molecule has 1 amide bonds. The number of nitrogen functional groups attached to an aromatic ring is 1. The number of carbonyl (C=O) groups is 1. The number of alkyl halides is 6. The number of aromatic nitrogens is 3. The zero-order valence-corrected chi connectivity index (χ0v) is 14.6. The number of rotatable bonds is 4. The van der Waals surface area contributed by atoms with Crippen LogP contribution in [-0.4, -0.2) is 27.0 Å². The number of halogens is 6. The molecule has 158 valence electrons. The highest BCUT2D eigenvalue weighted by molar-refractivity contribution is 6.06. The Morgan fingerprint density at radius 3 is 2.33 bits per heavy atom. The molecule has 30 heavy (non-hydrogen) atoms. The molecule has 7 nitrogen and oxygen atoms in total. The van der Waals surface area contributed by atoms with Gasteiger partial charge in [0.05, 0.1) is 11.8 Å². The van der Waals surface area contributed by atoms with E-state index in [4.69, 9.17) is 5.73 Å². The SMILES string of the molecule is Nc1c(C(=O)Nc2ccc(C(F)(F)F)cn2)cnn1-c1ccccc1OC(F)(F)F. The number of anilines is 2. The summed E-state index contributed by atoms with van der Waals surface area (Å²) in [4.78, 5) is 15.9. The number of benzene rings is 1. The number of nitrogens with zero attached hydrogens (tertiary/aromatic N) is 3. The zero-order valence-electron chi connectivity index (χ0n) is 14.6. The molecular formula is C17H11F6N5O2. The van der Waals surface area contributed by atoms with Crippen LogP contribution in [0, 0.1) is 0 Å². The lowest BCUT2D eigenvalue weighted by Gasteiger charge is -2.14. The van der Waals surface area contributed by atoms with Crippen LogP contribution < -0.4 is 15.8 Å². The van der Waals surface area contributed by atoms with Crippen LogP contribution in [0.2, 0.25) is 0 Å². The molecule has 0 saturated heterocycles. The minimum absolute atomic E-state index is 0.181. The normalized spacial score (nSPS) is 11.9. The van der Waals surface area contributed by atoms with Gasteiger partial charge in [0.2, 0.25) is 0 Å². The maximum absolute atomic E-state index is 12.6. The number of carbonyl (C=O) groups excluding carboxylic acids is 1. The summed E-state index contributed by atoms with van der Waals surface area (Å²) in [5, 5.41) is 6.03. The van der Waals surface area contributed by atoms with E-state index in [9.17, 15) is 31.1 Å². The van der Waals surface area contributed by atoms with Gasteiger partial charge >= 0.3 is 12.5 Å². The minimum Gasteiger partial charge on any atom is -0.403 e. The average Bonchev–Trinajstić information content (AvgIpc) is 3.02. The van der Waals surface area contributed by atoms with Crippen molar-refractivity contribution in [3.8, 4) is 11.4 Å². The predicted molar refractivity (Wildman–Crippen MR) is 91.9 cm³/mol. The Morgan fingerprint density at radius 1 is 1.03 bits per heavy atom. The van der Waals surface area contributed by atoms with Gasteiger partial charge in [-0.05, 0) is 24.3 Å². The second kappa shape index (κ2) is 7.57. The highest BCUT2D eigenvalue weighted by Gasteiger charge is 2.33. The Labute approximate surface area is 164 Å². The first-order valence-electron chi connectivity index (χ1n) is 7.99. The largest absolute Gasteiger partial charge is 0.573 e. The van der Waals surface area contributed by atoms with Gasteiger partial charge in [-0.2, -0.15) is 18.3 Å². The highest BCUT2D eigenvalue weighted by Crippen LogP contribution is 2.31. The summed E-state index contributed by atoms with van der Waals surface area (Å²) in [6.07, 6.45) is -8.04. The maximum atomic E-state index is 12.6. The number of nitrogens with one attached hydrogen (secondary N) is 1. The van der Waals surface area contributed by atoms with E-state index in [0.29, 0.717) is 6.20 Å². The minimum atomic E-state index is -4.97. The summed E-state index contributed by atoms with van der Waals surface area (Å²) in [7, 11) is 0. The van der Waals surface area contributed by atoms with Gasteiger partial charge in [-0.3, -0.25) is 4.79 Å². The third-order valence-electron chi connectivity index (χ3n) is 3.70. The van der Waals surface area contributed by atoms with Gasteiger partial charge < -0.3 is 15.8 Å². The summed E-state index contributed by atoms with van der Waals surface area (Å²) in [5.41, 5.74) is 4.41. The predicted octanol–water partition coefficient (Wildman–Crippen LogP) is 4.02. The first-order valence-corrected chi connectivity index (χ1v) is 7.99. The molecular weight excluding hydrogens is 420 g/mol. The average molecular weight is 431 g/mol. The van der Waals surface area contributed by atoms with Gasteiger partial charge in [-0.25, -0.2) is 9.67 Å². The molecule has 0 aliphatic heterocycles. The Kier molecular flexibility index (Phi) is 5.29. The summed E-state index contributed by atoms with van der Waals surface area (Å²) < 4.78 is 80.2. The lowest BCUT2D eigenvalue weighted by Crippen LogP contribution is -2.19. The quantitative estimate of drug-likeness (QED) is 0.609. The summed E-state index contributed by atoms with van der Waals surface area (Å²) in [6.45, 7) is 0. The zero-order chi connectivity index (χ0) is 22.1. The molecule has 2 aromatic heterocycles. The van der Waals surface area contributed by atoms with Crippen LogP contribution in [0.15, 0.2) is 48.8 Å². The first-order chi connectivity index (χ1) is 14.0. The smallest absolute Gasteiger partial charge is 0.403 e. The molecule has 0 atom stereocenters. The van der Waals surface area contributed by atoms with Crippen molar-refractivity contribution in [2.24, 2.45) is 0 Å². The van der Waals surface area contributed by atoms with E-state index >= 15 is 0 Å². The van der Waals surface area contributed by atoms with Crippen molar-refractivity contribution in [1.29, 1.82) is 0 Å². The summed E-state index contributed by atoms with van der Waals surface area (Å²) in [5.74, 6) is -1.99. The molecule has 0 aliphatic rings. The molecule has 0 radical (unpaired) electrons. The molecule has 13 heteroatoms. The fraction of sp³-hybridized carbons (Fsp3) is 0.118. The fourth-order valence-corrected chi connectivity index (χ4v) is 2.39. The van der Waals surface area contributed by atoms with Gasteiger partial charge in [-0.1, -0.05) is 12.1 Å². The van der Waals surface area contributed by atoms with Gasteiger partial charge in [-0.15, -0.1) is 13.2 Å². The molecule has 0 bridgehead atoms. The fourth-order valence-electron chi connectivity index (χ4n) is 2.39. The van der Waals surface area contributed by atoms with Gasteiger partial charge in [0, 0.05) is 6.20 Å². The Bertz CT molecular complexity index is 1060. The summed E-state index contributed by atoms with van der Waals surface area (Å²) in [6, 6.07) is 6.65. The highest BCUT2D eigenvalue weighted by atomic mass is 19.4. The number of hydrogen-bond acceptors (Lipinski definition) is 5. The number of amides is 1. The van der Waals surface area contributed by atoms with Crippen molar-refractivity contribution in [2.75, 3.05) is 11.1 Å². The topological polar surface area (TPSA) is 95.1 Å². The van der Waals surface area contributed by atoms with Gasteiger partial charge in [0.1, 0.15) is 22.9 Å². The molecule has 0 saturated carbocycles. The van der Waals surface area contributed by atoms with Crippen LogP contribution in [0.5, 0.6) is 5.75 Å². The van der Waals surface area contributed by atoms with Crippen molar-refractivity contribution < 1.29 is 35.9 Å². The van der Waals surface area contributed by atoms with Crippen LogP contribution in [0.25, 0.3) is 5.69 Å². The van der Waals surface area contributed by atoms with Gasteiger partial charge in [0.25, 0.3) is 5.91 Å². The molecule has 0 aliphatic carbocycles. The third kappa shape index (κ3) is 4.61. The number of pyridine rings is 1. The molecule has 3 aromatic rings. The van der Waals surface area contributed by atoms with Crippen molar-refractivity contribution in [1.82, 2.24) is 14.8 Å². The van der Waals surface area contributed by atoms with Crippen molar-refractivity contribution in [2.45, 2.75) is 12.5 Å². The third-order valence-corrected chi connectivity index (χ3v) is 3.70. The van der Waals surface area contributed by atoms with Crippen LogP contribution in [0.1, 0.15) is 15.9 Å². The van der Waals surface area contributed by atoms with Crippen LogP contribution in [-0.2, 0) is 6.18 Å². The lowest BCUT2D eigenvalue weighted by molar-refractivity contribution is -0.274. The Balaban J connectivity index is 1.85. The number of hydrogen-bond donors (Lipinski definition) is 2. The molecule has 1 aromatic carbocycles. The van der Waals surface area contributed by atoms with E-state index in [-0.39, 0.29) is 22.9 Å². The molecule has 3 rings (SSSR count). The molecule has 0 fully saturated rings. The van der Waals surface area contributed by atoms with Crippen LogP contribution in [0.4, 0.5) is 38.0 Å². The second-order valence-corrected chi connectivity index (χ2v) is 5.75. The Morgan fingerprint density at radius 2 is 1.73 bits per heavy atom. The van der Waals surface area contributed by atoms with E-state index < -0.39 is 29.8 Å². The van der Waals surface area contributed by atoms with E-state index in [2.05, 4.69) is 20.1 Å². The van der Waals surface area contributed by atoms with E-state index in [1.54, 1.807) is 0 Å². The number of para-hydroxylation sites is 2. The van der Waals surface area contributed by atoms with Crippen LogP contribution in [0.3, 0.4) is 0 Å². The monoisotopic (exact) mass is 431 g/mol. The maximum Gasteiger partial charge on any atom is 0.573 e. The lowest BCUT2D eigenvalue weighted by atomic mass is 10.2. The standard InChI is InChI=1S/C17H11F6N5O2/c18-16(19,20)9-5-6-13(25-7-9)27-15(29)10-8-26-28(14(10)24)11-3-1-2-4-12(11)30-17(21,22)23/h1-8H,24H2,(H,25,27,29). The van der Waals surface area contributed by atoms with Crippen molar-refractivity contribution in [3.05, 3.63) is 59.9 Å². The molecule has 0 spiro atoms. The van der Waals surface area contributed by atoms with E-state index in [1.807, 2.05) is 0 Å². The van der Waals surface area contributed by atoms with Crippen LogP contribution >= 0.6 is 0 Å². The Hall–Kier alpha value is -3.77. The molecule has 3 N–H and O–H groups in total. The van der Waals surface area contributed by atoms with Crippen molar-refractivity contribution in [3.63, 3.8) is 0 Å².